The van der Waals surface area contributed by atoms with Crippen LogP contribution in [0.4, 0.5) is 0 Å². The van der Waals surface area contributed by atoms with E-state index in [2.05, 4.69) is 34.3 Å². The van der Waals surface area contributed by atoms with Gasteiger partial charge in [-0.15, -0.1) is 11.3 Å². The predicted molar refractivity (Wildman–Crippen MR) is 125 cm³/mol. The molecule has 0 fully saturated rings. The van der Waals surface area contributed by atoms with Gasteiger partial charge in [-0.25, -0.2) is 4.98 Å². The number of carbonyl (C=O) groups is 1. The minimum atomic E-state index is -0.257. The molecule has 4 aromatic rings. The summed E-state index contributed by atoms with van der Waals surface area (Å²) in [6, 6.07) is 7.81. The van der Waals surface area contributed by atoms with Crippen LogP contribution in [0.25, 0.3) is 32.4 Å². The van der Waals surface area contributed by atoms with Crippen molar-refractivity contribution < 1.29 is 9.32 Å². The van der Waals surface area contributed by atoms with E-state index in [1.54, 1.807) is 0 Å². The van der Waals surface area contributed by atoms with Gasteiger partial charge in [0.05, 0.1) is 16.6 Å². The Hall–Kier alpha value is -3.33. The van der Waals surface area contributed by atoms with Crippen molar-refractivity contribution in [2.24, 2.45) is 5.92 Å². The molecular formula is C23H25N5O3S. The molecule has 0 aliphatic heterocycles. The summed E-state index contributed by atoms with van der Waals surface area (Å²) in [4.78, 5) is 35.5. The van der Waals surface area contributed by atoms with Crippen molar-refractivity contribution in [3.05, 3.63) is 52.1 Å². The van der Waals surface area contributed by atoms with Gasteiger partial charge < -0.3 is 9.84 Å². The second-order valence-electron chi connectivity index (χ2n) is 8.18. The van der Waals surface area contributed by atoms with Gasteiger partial charge in [-0.3, -0.25) is 14.2 Å². The van der Waals surface area contributed by atoms with Crippen molar-refractivity contribution in [1.82, 2.24) is 25.0 Å². The topological polar surface area (TPSA) is 103 Å². The van der Waals surface area contributed by atoms with Crippen molar-refractivity contribution in [2.45, 2.75) is 40.7 Å². The largest absolute Gasteiger partial charge is 0.355 e. The van der Waals surface area contributed by atoms with Crippen LogP contribution >= 0.6 is 11.3 Å². The number of fused-ring (bicyclic) bond motifs is 1. The van der Waals surface area contributed by atoms with Gasteiger partial charge >= 0.3 is 0 Å². The molecule has 1 amide bonds. The first-order valence-electron chi connectivity index (χ1n) is 10.5. The fourth-order valence-electron chi connectivity index (χ4n) is 3.44. The maximum atomic E-state index is 13.1. The summed E-state index contributed by atoms with van der Waals surface area (Å²) in [5, 5.41) is 7.44. The first kappa shape index (κ1) is 21.9. The lowest BCUT2D eigenvalue weighted by Gasteiger charge is -2.08. The number of hydrogen-bond donors (Lipinski definition) is 1. The Balaban J connectivity index is 1.63. The highest BCUT2D eigenvalue weighted by Gasteiger charge is 2.21. The van der Waals surface area contributed by atoms with Crippen molar-refractivity contribution in [3.63, 3.8) is 0 Å². The number of aromatic nitrogens is 4. The smallest absolute Gasteiger partial charge is 0.268 e. The Morgan fingerprint density at radius 1 is 1.25 bits per heavy atom. The molecule has 0 aliphatic carbocycles. The second-order valence-corrected chi connectivity index (χ2v) is 9.18. The zero-order chi connectivity index (χ0) is 22.8. The van der Waals surface area contributed by atoms with Crippen LogP contribution in [0.2, 0.25) is 0 Å². The van der Waals surface area contributed by atoms with Crippen molar-refractivity contribution in [2.75, 3.05) is 6.54 Å². The first-order valence-corrected chi connectivity index (χ1v) is 11.3. The van der Waals surface area contributed by atoms with Crippen LogP contribution in [0.15, 0.2) is 39.9 Å². The van der Waals surface area contributed by atoms with Gasteiger partial charge in [0.1, 0.15) is 11.4 Å². The number of benzene rings is 1. The number of rotatable bonds is 7. The van der Waals surface area contributed by atoms with E-state index in [1.807, 2.05) is 38.1 Å². The third-order valence-electron chi connectivity index (χ3n) is 5.28. The number of amides is 1. The summed E-state index contributed by atoms with van der Waals surface area (Å²) in [6.45, 7) is 8.53. The third kappa shape index (κ3) is 4.34. The summed E-state index contributed by atoms with van der Waals surface area (Å²) in [5.41, 5.74) is 2.40. The van der Waals surface area contributed by atoms with Crippen LogP contribution in [0.1, 0.15) is 31.4 Å². The summed E-state index contributed by atoms with van der Waals surface area (Å²) >= 11 is 1.33. The van der Waals surface area contributed by atoms with E-state index in [1.165, 1.54) is 22.2 Å². The number of nitrogens with zero attached hydrogens (tertiary/aromatic N) is 4. The Bertz CT molecular complexity index is 1340. The van der Waals surface area contributed by atoms with Crippen molar-refractivity contribution in [3.8, 4) is 22.2 Å². The molecule has 0 bridgehead atoms. The molecule has 0 atom stereocenters. The fourth-order valence-corrected chi connectivity index (χ4v) is 4.50. The number of aryl methyl sites for hydroxylation is 2. The second kappa shape index (κ2) is 9.04. The SMILES string of the molecule is Cc1ccccc1-c1noc(-c2sc3ncn(CC(=O)NCCC(C)C)c(=O)c3c2C)n1. The molecule has 3 aromatic heterocycles. The summed E-state index contributed by atoms with van der Waals surface area (Å²) in [5.74, 6) is 1.14. The van der Waals surface area contributed by atoms with Crippen LogP contribution in [-0.4, -0.2) is 32.1 Å². The predicted octanol–water partition coefficient (Wildman–Crippen LogP) is 3.95. The van der Waals surface area contributed by atoms with Crippen LogP contribution in [-0.2, 0) is 11.3 Å². The highest BCUT2D eigenvalue weighted by atomic mass is 32.1. The normalized spacial score (nSPS) is 11.4. The molecule has 1 N–H and O–H groups in total. The molecule has 0 saturated carbocycles. The molecule has 166 valence electrons. The van der Waals surface area contributed by atoms with Gasteiger partial charge in [0.25, 0.3) is 11.4 Å². The average Bonchev–Trinajstić information content (AvgIpc) is 3.35. The maximum Gasteiger partial charge on any atom is 0.268 e. The van der Waals surface area contributed by atoms with E-state index in [-0.39, 0.29) is 18.0 Å². The van der Waals surface area contributed by atoms with E-state index < -0.39 is 0 Å². The number of nitrogens with one attached hydrogen (secondary N) is 1. The van der Waals surface area contributed by atoms with Crippen LogP contribution in [0.5, 0.6) is 0 Å². The molecule has 0 saturated heterocycles. The minimum Gasteiger partial charge on any atom is -0.355 e. The van der Waals surface area contributed by atoms with Gasteiger partial charge in [-0.1, -0.05) is 43.3 Å². The summed E-state index contributed by atoms with van der Waals surface area (Å²) < 4.78 is 6.85. The quantitative estimate of drug-likeness (QED) is 0.456. The Morgan fingerprint density at radius 3 is 2.78 bits per heavy atom. The van der Waals surface area contributed by atoms with Crippen LogP contribution < -0.4 is 10.9 Å². The summed E-state index contributed by atoms with van der Waals surface area (Å²) in [6.07, 6.45) is 2.30. The van der Waals surface area contributed by atoms with Crippen molar-refractivity contribution >= 4 is 27.5 Å². The van der Waals surface area contributed by atoms with Crippen LogP contribution in [0, 0.1) is 19.8 Å². The Labute approximate surface area is 189 Å². The molecule has 32 heavy (non-hydrogen) atoms. The first-order chi connectivity index (χ1) is 15.3. The molecular weight excluding hydrogens is 426 g/mol. The molecule has 1 aromatic carbocycles. The lowest BCUT2D eigenvalue weighted by atomic mass is 10.1. The molecule has 9 heteroatoms. The number of hydrogen-bond acceptors (Lipinski definition) is 7. The highest BCUT2D eigenvalue weighted by Crippen LogP contribution is 2.35. The molecule has 3 heterocycles. The summed E-state index contributed by atoms with van der Waals surface area (Å²) in [7, 11) is 0. The van der Waals surface area contributed by atoms with E-state index in [0.29, 0.717) is 39.3 Å². The Kier molecular flexibility index (Phi) is 6.18. The molecule has 0 unspecified atom stereocenters. The van der Waals surface area contributed by atoms with Crippen molar-refractivity contribution in [1.29, 1.82) is 0 Å². The van der Waals surface area contributed by atoms with E-state index in [4.69, 9.17) is 4.52 Å². The molecule has 8 nitrogen and oxygen atoms in total. The van der Waals surface area contributed by atoms with Gasteiger partial charge in [-0.05, 0) is 37.3 Å². The standard InChI is InChI=1S/C23H25N5O3S/c1-13(2)9-10-24-17(29)11-28-12-25-22-18(23(28)30)15(4)19(32-22)21-26-20(27-31-21)16-8-6-5-7-14(16)3/h5-8,12-13H,9-11H2,1-4H3,(H,24,29). The lowest BCUT2D eigenvalue weighted by Crippen LogP contribution is -2.33. The number of thiophene rings is 1. The van der Waals surface area contributed by atoms with E-state index >= 15 is 0 Å². The lowest BCUT2D eigenvalue weighted by molar-refractivity contribution is -0.121. The maximum absolute atomic E-state index is 13.1. The molecule has 0 spiro atoms. The molecule has 4 rings (SSSR count). The van der Waals surface area contributed by atoms with Crippen LogP contribution in [0.3, 0.4) is 0 Å². The molecule has 0 aliphatic rings. The molecule has 0 radical (unpaired) electrons. The highest BCUT2D eigenvalue weighted by molar-refractivity contribution is 7.22. The number of carbonyl (C=O) groups excluding carboxylic acids is 1. The monoisotopic (exact) mass is 451 g/mol. The van der Waals surface area contributed by atoms with E-state index in [9.17, 15) is 9.59 Å². The van der Waals surface area contributed by atoms with Gasteiger partial charge in [-0.2, -0.15) is 4.98 Å². The Morgan fingerprint density at radius 2 is 2.03 bits per heavy atom. The zero-order valence-electron chi connectivity index (χ0n) is 18.5. The fraction of sp³-hybridized carbons (Fsp3) is 0.348. The van der Waals surface area contributed by atoms with E-state index in [0.717, 1.165) is 23.1 Å². The third-order valence-corrected chi connectivity index (χ3v) is 6.47. The van der Waals surface area contributed by atoms with Gasteiger partial charge in [0.2, 0.25) is 11.7 Å². The minimum absolute atomic E-state index is 0.0670. The van der Waals surface area contributed by atoms with Gasteiger partial charge in [0.15, 0.2) is 0 Å². The van der Waals surface area contributed by atoms with Gasteiger partial charge in [0, 0.05) is 12.1 Å². The zero-order valence-corrected chi connectivity index (χ0v) is 19.3. The average molecular weight is 452 g/mol.